The smallest absolute Gasteiger partial charge is 0.255 e. The van der Waals surface area contributed by atoms with Crippen LogP contribution in [0.25, 0.3) is 0 Å². The van der Waals surface area contributed by atoms with Crippen LogP contribution in [-0.4, -0.2) is 65.3 Å². The van der Waals surface area contributed by atoms with E-state index in [-0.39, 0.29) is 23.7 Å². The number of imide groups is 1. The second kappa shape index (κ2) is 10.3. The Morgan fingerprint density at radius 1 is 1.00 bits per heavy atom. The maximum absolute atomic E-state index is 12.9. The van der Waals surface area contributed by atoms with Crippen molar-refractivity contribution in [1.29, 1.82) is 0 Å². The van der Waals surface area contributed by atoms with Gasteiger partial charge in [-0.15, -0.1) is 0 Å². The van der Waals surface area contributed by atoms with Crippen LogP contribution < -0.4 is 10.1 Å². The lowest BCUT2D eigenvalue weighted by Crippen LogP contribution is -2.52. The van der Waals surface area contributed by atoms with Crippen LogP contribution in [0.5, 0.6) is 5.75 Å². The third kappa shape index (κ3) is 4.96. The number of ether oxygens (including phenoxy) is 2. The number of piperidine rings is 1. The quantitative estimate of drug-likeness (QED) is 0.634. The van der Waals surface area contributed by atoms with E-state index in [1.54, 1.807) is 17.0 Å². The van der Waals surface area contributed by atoms with Crippen molar-refractivity contribution in [2.24, 2.45) is 0 Å². The first-order valence-electron chi connectivity index (χ1n) is 11.4. The Hall–Kier alpha value is -3.27. The number of nitrogens with zero attached hydrogens (tertiary/aromatic N) is 2. The molecule has 9 nitrogen and oxygen atoms in total. The van der Waals surface area contributed by atoms with Crippen LogP contribution in [0.3, 0.4) is 0 Å². The van der Waals surface area contributed by atoms with Gasteiger partial charge >= 0.3 is 0 Å². The van der Waals surface area contributed by atoms with Crippen molar-refractivity contribution in [3.05, 3.63) is 64.7 Å². The van der Waals surface area contributed by atoms with Gasteiger partial charge in [-0.2, -0.15) is 0 Å². The molecule has 3 aliphatic rings. The first kappa shape index (κ1) is 23.9. The predicted octanol–water partition coefficient (Wildman–Crippen LogP) is 1.03. The molecule has 1 atom stereocenters. The highest BCUT2D eigenvalue weighted by Crippen LogP contribution is 2.34. The van der Waals surface area contributed by atoms with Crippen molar-refractivity contribution in [2.75, 3.05) is 26.3 Å². The van der Waals surface area contributed by atoms with Gasteiger partial charge in [-0.3, -0.25) is 24.6 Å². The third-order valence-corrected chi connectivity index (χ3v) is 6.47. The molecule has 3 N–H and O–H groups in total. The van der Waals surface area contributed by atoms with E-state index in [2.05, 4.69) is 34.5 Å². The minimum atomic E-state index is -0.630. The van der Waals surface area contributed by atoms with Crippen molar-refractivity contribution in [1.82, 2.24) is 15.1 Å². The van der Waals surface area contributed by atoms with Gasteiger partial charge in [0.25, 0.3) is 5.91 Å². The van der Waals surface area contributed by atoms with Crippen molar-refractivity contribution in [3.63, 3.8) is 0 Å². The molecule has 2 aromatic rings. The van der Waals surface area contributed by atoms with Crippen LogP contribution in [-0.2, 0) is 34.0 Å². The van der Waals surface area contributed by atoms with Gasteiger partial charge in [0.2, 0.25) is 11.8 Å². The molecule has 3 aliphatic heterocycles. The Labute approximate surface area is 197 Å². The number of hydrogen-bond donors (Lipinski definition) is 1. The highest BCUT2D eigenvalue weighted by atomic mass is 16.5. The van der Waals surface area contributed by atoms with Crippen LogP contribution in [0.4, 0.5) is 0 Å². The maximum atomic E-state index is 12.9. The van der Waals surface area contributed by atoms with Crippen LogP contribution in [0, 0.1) is 0 Å². The number of carbonyl (C=O) groups is 3. The van der Waals surface area contributed by atoms with Gasteiger partial charge in [0.15, 0.2) is 0 Å². The molecule has 9 heteroatoms. The number of fused-ring (bicyclic) bond motifs is 1. The topological polar surface area (TPSA) is 120 Å². The molecule has 2 fully saturated rings. The summed E-state index contributed by atoms with van der Waals surface area (Å²) in [6.45, 7) is 5.09. The summed E-state index contributed by atoms with van der Waals surface area (Å²) in [6.07, 6.45) is 0.582. The van der Waals surface area contributed by atoms with Gasteiger partial charge in [-0.1, -0.05) is 30.3 Å². The number of morpholine rings is 1. The fraction of sp³-hybridized carbons (Fsp3) is 0.400. The Bertz CT molecular complexity index is 1060. The van der Waals surface area contributed by atoms with Crippen LogP contribution >= 0.6 is 0 Å². The van der Waals surface area contributed by atoms with E-state index in [0.29, 0.717) is 30.9 Å². The molecule has 34 heavy (non-hydrogen) atoms. The van der Waals surface area contributed by atoms with E-state index in [0.717, 1.165) is 44.0 Å². The molecule has 5 rings (SSSR count). The standard InChI is InChI=1S/C25H27N3O5.H2O/c29-23-9-8-21(24(30)26-23)28-15-20-19(25(28)31)2-1-3-22(20)33-16-18-6-4-17(5-7-18)14-27-10-12-32-13-11-27;/h1-7,21H,8-16H2,(H,26,29,30);1H2/t21-;/m0./s1. The number of hydrogen-bond acceptors (Lipinski definition) is 6. The molecule has 180 valence electrons. The molecule has 2 saturated heterocycles. The fourth-order valence-electron chi connectivity index (χ4n) is 4.61. The zero-order chi connectivity index (χ0) is 22.8. The summed E-state index contributed by atoms with van der Waals surface area (Å²) >= 11 is 0. The summed E-state index contributed by atoms with van der Waals surface area (Å²) in [5, 5.41) is 2.33. The average Bonchev–Trinajstić information content (AvgIpc) is 3.16. The van der Waals surface area contributed by atoms with E-state index in [1.807, 2.05) is 6.07 Å². The normalized spacial score (nSPS) is 20.5. The monoisotopic (exact) mass is 467 g/mol. The molecular weight excluding hydrogens is 438 g/mol. The number of carbonyl (C=O) groups excluding carboxylic acids is 3. The van der Waals surface area contributed by atoms with Crippen molar-refractivity contribution in [3.8, 4) is 5.75 Å². The summed E-state index contributed by atoms with van der Waals surface area (Å²) in [4.78, 5) is 40.6. The summed E-state index contributed by atoms with van der Waals surface area (Å²) in [6, 6.07) is 13.2. The predicted molar refractivity (Wildman–Crippen MR) is 123 cm³/mol. The van der Waals surface area contributed by atoms with E-state index in [1.165, 1.54) is 5.56 Å². The number of rotatable bonds is 6. The number of benzene rings is 2. The number of amides is 3. The second-order valence-corrected chi connectivity index (χ2v) is 8.68. The number of nitrogens with one attached hydrogen (secondary N) is 1. The lowest BCUT2D eigenvalue weighted by Gasteiger charge is -2.29. The average molecular weight is 468 g/mol. The summed E-state index contributed by atoms with van der Waals surface area (Å²) in [5.41, 5.74) is 3.64. The summed E-state index contributed by atoms with van der Waals surface area (Å²) in [7, 11) is 0. The molecule has 0 spiro atoms. The van der Waals surface area contributed by atoms with E-state index < -0.39 is 11.9 Å². The van der Waals surface area contributed by atoms with Crippen LogP contribution in [0.2, 0.25) is 0 Å². The molecule has 0 unspecified atom stereocenters. The minimum Gasteiger partial charge on any atom is -0.489 e. The van der Waals surface area contributed by atoms with Gasteiger partial charge in [-0.25, -0.2) is 0 Å². The minimum absolute atomic E-state index is 0. The molecule has 0 aliphatic carbocycles. The second-order valence-electron chi connectivity index (χ2n) is 8.68. The molecule has 0 saturated carbocycles. The van der Waals surface area contributed by atoms with Gasteiger partial charge in [0.05, 0.1) is 19.8 Å². The van der Waals surface area contributed by atoms with Crippen molar-refractivity contribution in [2.45, 2.75) is 38.6 Å². The zero-order valence-electron chi connectivity index (χ0n) is 18.9. The zero-order valence-corrected chi connectivity index (χ0v) is 18.9. The first-order valence-corrected chi connectivity index (χ1v) is 11.4. The summed E-state index contributed by atoms with van der Waals surface area (Å²) in [5.74, 6) is -0.252. The van der Waals surface area contributed by atoms with Crippen molar-refractivity contribution >= 4 is 17.7 Å². The van der Waals surface area contributed by atoms with Gasteiger partial charge in [0, 0.05) is 37.2 Å². The van der Waals surface area contributed by atoms with E-state index in [4.69, 9.17) is 9.47 Å². The lowest BCUT2D eigenvalue weighted by molar-refractivity contribution is -0.136. The SMILES string of the molecule is O.O=C1CC[C@H](N2Cc3c(OCc4ccc(CN5CCOCC5)cc4)cccc3C2=O)C(=O)N1. The first-order chi connectivity index (χ1) is 16.1. The van der Waals surface area contributed by atoms with Crippen LogP contribution in [0.1, 0.15) is 39.9 Å². The maximum Gasteiger partial charge on any atom is 0.255 e. The van der Waals surface area contributed by atoms with Gasteiger partial charge in [0.1, 0.15) is 18.4 Å². The Balaban J connectivity index is 0.00000274. The highest BCUT2D eigenvalue weighted by Gasteiger charge is 2.40. The Morgan fingerprint density at radius 2 is 1.74 bits per heavy atom. The molecule has 0 radical (unpaired) electrons. The van der Waals surface area contributed by atoms with Crippen LogP contribution in [0.15, 0.2) is 42.5 Å². The van der Waals surface area contributed by atoms with Gasteiger partial charge in [-0.05, 0) is 29.7 Å². The lowest BCUT2D eigenvalue weighted by atomic mass is 10.0. The molecule has 3 amide bonds. The molecule has 0 aromatic heterocycles. The van der Waals surface area contributed by atoms with Crippen molar-refractivity contribution < 1.29 is 29.3 Å². The molecular formula is C25H29N3O6. The molecule has 0 bridgehead atoms. The fourth-order valence-corrected chi connectivity index (χ4v) is 4.61. The van der Waals surface area contributed by atoms with E-state index >= 15 is 0 Å². The Morgan fingerprint density at radius 3 is 2.47 bits per heavy atom. The molecule has 2 aromatic carbocycles. The third-order valence-electron chi connectivity index (χ3n) is 6.47. The molecule has 3 heterocycles. The largest absolute Gasteiger partial charge is 0.489 e. The highest BCUT2D eigenvalue weighted by molar-refractivity contribution is 6.05. The summed E-state index contributed by atoms with van der Waals surface area (Å²) < 4.78 is 11.5. The van der Waals surface area contributed by atoms with Gasteiger partial charge < -0.3 is 19.8 Å². The van der Waals surface area contributed by atoms with E-state index in [9.17, 15) is 14.4 Å². The Kier molecular flexibility index (Phi) is 7.26.